The highest BCUT2D eigenvalue weighted by atomic mass is 28.4. The van der Waals surface area contributed by atoms with Crippen molar-refractivity contribution in [2.75, 3.05) is 19.6 Å². The molecule has 0 aromatic carbocycles. The summed E-state index contributed by atoms with van der Waals surface area (Å²) >= 11 is 0. The van der Waals surface area contributed by atoms with Gasteiger partial charge in [-0.1, -0.05) is 0 Å². The first-order valence-corrected chi connectivity index (χ1v) is 16.0. The molecule has 7 heteroatoms. The fourth-order valence-corrected chi connectivity index (χ4v) is 5.93. The number of unbranched alkanes of at least 4 members (excludes halogenated alkanes) is 1. The van der Waals surface area contributed by atoms with Crippen molar-refractivity contribution in [3.8, 4) is 0 Å². The normalized spacial score (nSPS) is 16.2. The summed E-state index contributed by atoms with van der Waals surface area (Å²) in [6.45, 7) is 21.7. The van der Waals surface area contributed by atoms with Gasteiger partial charge in [-0.2, -0.15) is 0 Å². The van der Waals surface area contributed by atoms with Crippen molar-refractivity contribution in [3.63, 3.8) is 0 Å². The molecule has 0 heterocycles. The first kappa shape index (κ1) is 24.2. The monoisotopic (exact) mass is 378 g/mol. The summed E-state index contributed by atoms with van der Waals surface area (Å²) in [5.74, 6) is -1.25. The maximum absolute atomic E-state index is 6.42. The minimum atomic E-state index is -1.73. The predicted molar refractivity (Wildman–Crippen MR) is 108 cm³/mol. The molecule has 0 bridgehead atoms. The molecule has 3 N–H and O–H groups in total. The molecule has 1 atom stereocenters. The molecule has 0 fully saturated rings. The Morgan fingerprint density at radius 2 is 1.38 bits per heavy atom. The Balaban J connectivity index is 4.76. The van der Waals surface area contributed by atoms with Crippen molar-refractivity contribution in [1.29, 1.82) is 0 Å². The van der Waals surface area contributed by atoms with E-state index in [1.54, 1.807) is 0 Å². The highest BCUT2D eigenvalue weighted by Gasteiger charge is 2.39. The second-order valence-corrected chi connectivity index (χ2v) is 17.9. The summed E-state index contributed by atoms with van der Waals surface area (Å²) in [6.07, 6.45) is 2.99. The molecule has 24 heavy (non-hydrogen) atoms. The van der Waals surface area contributed by atoms with E-state index in [1.165, 1.54) is 0 Å². The van der Waals surface area contributed by atoms with E-state index in [0.717, 1.165) is 32.4 Å². The molecule has 0 aliphatic heterocycles. The third kappa shape index (κ3) is 13.5. The zero-order chi connectivity index (χ0) is 19.1. The lowest BCUT2D eigenvalue weighted by Crippen LogP contribution is -2.50. The molecule has 0 saturated heterocycles. The molecular weight excluding hydrogens is 336 g/mol. The second-order valence-electron chi connectivity index (χ2n) is 9.06. The molecule has 0 aromatic rings. The van der Waals surface area contributed by atoms with E-state index >= 15 is 0 Å². The number of hydrogen-bond acceptors (Lipinski definition) is 5. The summed E-state index contributed by atoms with van der Waals surface area (Å²) in [5.41, 5.74) is 5.49. The van der Waals surface area contributed by atoms with Crippen LogP contribution >= 0.6 is 0 Å². The highest BCUT2D eigenvalue weighted by Crippen LogP contribution is 2.32. The number of ether oxygens (including phenoxy) is 1. The Hall–Kier alpha value is 0.234. The van der Waals surface area contributed by atoms with Gasteiger partial charge in [0, 0.05) is 19.5 Å². The molecule has 0 aliphatic carbocycles. The zero-order valence-corrected chi connectivity index (χ0v) is 19.5. The second kappa shape index (κ2) is 9.80. The zero-order valence-electron chi connectivity index (χ0n) is 17.5. The SMILES string of the molecule is CC(C)(OC(C)(CCCCNCCN)O[Si](C)(C)C)O[Si](C)(C)C. The molecule has 1 unspecified atom stereocenters. The average molecular weight is 379 g/mol. The van der Waals surface area contributed by atoms with Crippen LogP contribution in [0.15, 0.2) is 0 Å². The van der Waals surface area contributed by atoms with Crippen molar-refractivity contribution in [2.45, 2.75) is 90.9 Å². The molecule has 0 amide bonds. The van der Waals surface area contributed by atoms with Crippen LogP contribution in [0.3, 0.4) is 0 Å². The van der Waals surface area contributed by atoms with Gasteiger partial charge in [-0.25, -0.2) is 0 Å². The van der Waals surface area contributed by atoms with E-state index < -0.39 is 28.2 Å². The first-order chi connectivity index (χ1) is 10.7. The van der Waals surface area contributed by atoms with Gasteiger partial charge in [0.2, 0.25) is 0 Å². The molecule has 0 rings (SSSR count). The van der Waals surface area contributed by atoms with Crippen molar-refractivity contribution in [1.82, 2.24) is 5.32 Å². The van der Waals surface area contributed by atoms with Crippen LogP contribution < -0.4 is 11.1 Å². The topological polar surface area (TPSA) is 65.7 Å². The van der Waals surface area contributed by atoms with Crippen LogP contribution in [0.2, 0.25) is 39.3 Å². The van der Waals surface area contributed by atoms with Crippen LogP contribution in [-0.4, -0.2) is 47.8 Å². The van der Waals surface area contributed by atoms with Gasteiger partial charge >= 0.3 is 0 Å². The van der Waals surface area contributed by atoms with Gasteiger partial charge in [-0.3, -0.25) is 0 Å². The lowest BCUT2D eigenvalue weighted by Gasteiger charge is -2.43. The summed E-state index contributed by atoms with van der Waals surface area (Å²) < 4.78 is 19.0. The molecule has 0 saturated carbocycles. The van der Waals surface area contributed by atoms with Crippen LogP contribution in [0.1, 0.15) is 40.0 Å². The summed E-state index contributed by atoms with van der Waals surface area (Å²) in [4.78, 5) is 0. The van der Waals surface area contributed by atoms with E-state index in [9.17, 15) is 0 Å². The van der Waals surface area contributed by atoms with E-state index in [0.29, 0.717) is 6.54 Å². The van der Waals surface area contributed by atoms with Crippen LogP contribution in [0.5, 0.6) is 0 Å². The van der Waals surface area contributed by atoms with E-state index in [-0.39, 0.29) is 0 Å². The van der Waals surface area contributed by atoms with Crippen LogP contribution in [0.25, 0.3) is 0 Å². The Morgan fingerprint density at radius 3 is 1.83 bits per heavy atom. The number of hydrogen-bond donors (Lipinski definition) is 2. The molecule has 5 nitrogen and oxygen atoms in total. The van der Waals surface area contributed by atoms with Gasteiger partial charge in [0.15, 0.2) is 28.2 Å². The minimum absolute atomic E-state index is 0.610. The van der Waals surface area contributed by atoms with Crippen LogP contribution in [0.4, 0.5) is 0 Å². The maximum atomic E-state index is 6.42. The van der Waals surface area contributed by atoms with Gasteiger partial charge in [0.05, 0.1) is 0 Å². The van der Waals surface area contributed by atoms with Crippen LogP contribution in [0, 0.1) is 0 Å². The van der Waals surface area contributed by atoms with Crippen molar-refractivity contribution in [3.05, 3.63) is 0 Å². The summed E-state index contributed by atoms with van der Waals surface area (Å²) in [5, 5.41) is 3.33. The summed E-state index contributed by atoms with van der Waals surface area (Å²) in [7, 11) is -3.43. The molecule has 0 spiro atoms. The number of nitrogens with one attached hydrogen (secondary N) is 1. The smallest absolute Gasteiger partial charge is 0.187 e. The third-order valence-electron chi connectivity index (χ3n) is 3.09. The largest absolute Gasteiger partial charge is 0.391 e. The standard InChI is InChI=1S/C17H42N2O3Si2/c1-16(2,21-23(4,5)6)20-17(3,22-24(7,8)9)12-10-11-14-19-15-13-18/h19H,10-15,18H2,1-9H3. The third-order valence-corrected chi connectivity index (χ3v) is 5.24. The predicted octanol–water partition coefficient (Wildman–Crippen LogP) is 3.88. The molecule has 0 radical (unpaired) electrons. The highest BCUT2D eigenvalue weighted by molar-refractivity contribution is 6.70. The van der Waals surface area contributed by atoms with Gasteiger partial charge in [0.1, 0.15) is 0 Å². The lowest BCUT2D eigenvalue weighted by molar-refractivity contribution is -0.298. The van der Waals surface area contributed by atoms with Gasteiger partial charge in [-0.15, -0.1) is 0 Å². The molecular formula is C17H42N2O3Si2. The van der Waals surface area contributed by atoms with Crippen molar-refractivity contribution in [2.24, 2.45) is 5.73 Å². The Labute approximate surface area is 152 Å². The van der Waals surface area contributed by atoms with Gasteiger partial charge in [-0.05, 0) is 79.4 Å². The minimum Gasteiger partial charge on any atom is -0.391 e. The summed E-state index contributed by atoms with van der Waals surface area (Å²) in [6, 6.07) is 0. The lowest BCUT2D eigenvalue weighted by atomic mass is 10.1. The Kier molecular flexibility index (Phi) is 9.90. The molecule has 0 aliphatic rings. The van der Waals surface area contributed by atoms with Gasteiger partial charge in [0.25, 0.3) is 0 Å². The quantitative estimate of drug-likeness (QED) is 0.289. The van der Waals surface area contributed by atoms with Crippen LogP contribution in [-0.2, 0) is 13.6 Å². The maximum Gasteiger partial charge on any atom is 0.187 e. The fourth-order valence-electron chi connectivity index (χ4n) is 2.97. The van der Waals surface area contributed by atoms with Gasteiger partial charge < -0.3 is 24.6 Å². The Morgan fingerprint density at radius 1 is 0.833 bits per heavy atom. The van der Waals surface area contributed by atoms with Crippen molar-refractivity contribution < 1.29 is 13.6 Å². The van der Waals surface area contributed by atoms with E-state index in [2.05, 4.69) is 51.5 Å². The Bertz CT molecular complexity index is 355. The average Bonchev–Trinajstić information content (AvgIpc) is 2.26. The van der Waals surface area contributed by atoms with E-state index in [4.69, 9.17) is 19.3 Å². The van der Waals surface area contributed by atoms with E-state index in [1.807, 2.05) is 13.8 Å². The number of nitrogens with two attached hydrogens (primary N) is 1. The molecule has 0 aromatic heterocycles. The molecule has 146 valence electrons. The number of rotatable bonds is 13. The fraction of sp³-hybridized carbons (Fsp3) is 1.00. The first-order valence-electron chi connectivity index (χ1n) is 9.19. The van der Waals surface area contributed by atoms with Crippen molar-refractivity contribution >= 4 is 16.6 Å².